The molecule has 0 amide bonds. The smallest absolute Gasteiger partial charge is 0.316 e. The first-order valence-electron chi connectivity index (χ1n) is 5.41. The summed E-state index contributed by atoms with van der Waals surface area (Å²) < 4.78 is 5.51. The Morgan fingerprint density at radius 2 is 1.93 bits per heavy atom. The molecule has 80 valence electrons. The van der Waals surface area contributed by atoms with Gasteiger partial charge in [-0.1, -0.05) is 25.8 Å². The van der Waals surface area contributed by atoms with Crippen LogP contribution in [-0.4, -0.2) is 14.3 Å². The first-order chi connectivity index (χ1) is 6.56. The number of carbonyl (C=O) groups excluding carboxylic acids is 1. The quantitative estimate of drug-likeness (QED) is 0.530. The van der Waals surface area contributed by atoms with Crippen molar-refractivity contribution in [3.8, 4) is 0 Å². The summed E-state index contributed by atoms with van der Waals surface area (Å²) in [7, 11) is -1.81. The molecule has 0 bridgehead atoms. The van der Waals surface area contributed by atoms with E-state index < -0.39 is 8.32 Å². The van der Waals surface area contributed by atoms with Crippen LogP contribution in [0.3, 0.4) is 0 Å². The van der Waals surface area contributed by atoms with Crippen molar-refractivity contribution in [1.29, 1.82) is 0 Å². The molecule has 0 saturated heterocycles. The van der Waals surface area contributed by atoms with Gasteiger partial charge in [0.25, 0.3) is 8.32 Å². The van der Waals surface area contributed by atoms with Crippen LogP contribution in [0.15, 0.2) is 12.7 Å². The average molecular weight is 212 g/mol. The van der Waals surface area contributed by atoms with Gasteiger partial charge in [0.15, 0.2) is 0 Å². The second-order valence-electron chi connectivity index (χ2n) is 4.56. The van der Waals surface area contributed by atoms with E-state index in [0.29, 0.717) is 5.54 Å². The second-order valence-corrected chi connectivity index (χ2v) is 8.79. The molecule has 0 aromatic carbocycles. The first kappa shape index (κ1) is 11.5. The highest BCUT2D eigenvalue weighted by molar-refractivity contribution is 6.74. The molecule has 1 aliphatic carbocycles. The SMILES string of the molecule is C=CC(=O)O[Si](C)(C)C1CCCCC1. The van der Waals surface area contributed by atoms with E-state index in [4.69, 9.17) is 4.43 Å². The topological polar surface area (TPSA) is 26.3 Å². The summed E-state index contributed by atoms with van der Waals surface area (Å²) in [6, 6.07) is 0. The molecule has 0 aromatic heterocycles. The number of rotatable bonds is 3. The van der Waals surface area contributed by atoms with E-state index in [9.17, 15) is 4.79 Å². The molecular weight excluding hydrogens is 192 g/mol. The highest BCUT2D eigenvalue weighted by atomic mass is 28.4. The molecule has 0 aliphatic heterocycles. The summed E-state index contributed by atoms with van der Waals surface area (Å²) in [5.41, 5.74) is 0.653. The molecule has 0 spiro atoms. The van der Waals surface area contributed by atoms with Crippen molar-refractivity contribution in [1.82, 2.24) is 0 Å². The third-order valence-electron chi connectivity index (χ3n) is 3.12. The van der Waals surface area contributed by atoms with Crippen LogP contribution in [0.4, 0.5) is 0 Å². The molecule has 1 aliphatic rings. The predicted octanol–water partition coefficient (Wildman–Crippen LogP) is 3.26. The van der Waals surface area contributed by atoms with Gasteiger partial charge >= 0.3 is 5.97 Å². The van der Waals surface area contributed by atoms with Gasteiger partial charge in [0.05, 0.1) is 0 Å². The molecule has 1 fully saturated rings. The zero-order chi connectivity index (χ0) is 10.6. The van der Waals surface area contributed by atoms with Crippen LogP contribution in [0.2, 0.25) is 18.6 Å². The van der Waals surface area contributed by atoms with Gasteiger partial charge in [0, 0.05) is 6.08 Å². The maximum absolute atomic E-state index is 11.2. The fourth-order valence-corrected chi connectivity index (χ4v) is 4.75. The van der Waals surface area contributed by atoms with Crippen LogP contribution in [0.5, 0.6) is 0 Å². The Labute approximate surface area is 87.5 Å². The maximum atomic E-state index is 11.2. The monoisotopic (exact) mass is 212 g/mol. The Balaban J connectivity index is 2.53. The van der Waals surface area contributed by atoms with Gasteiger partial charge in [-0.05, 0) is 31.5 Å². The Morgan fingerprint density at radius 1 is 1.36 bits per heavy atom. The van der Waals surface area contributed by atoms with E-state index >= 15 is 0 Å². The Kier molecular flexibility index (Phi) is 3.93. The first-order valence-corrected chi connectivity index (χ1v) is 8.40. The molecule has 1 rings (SSSR count). The zero-order valence-electron chi connectivity index (χ0n) is 9.21. The largest absolute Gasteiger partial charge is 0.516 e. The number of hydrogen-bond donors (Lipinski definition) is 0. The lowest BCUT2D eigenvalue weighted by atomic mass is 10.0. The lowest BCUT2D eigenvalue weighted by Gasteiger charge is -2.33. The molecule has 2 nitrogen and oxygen atoms in total. The van der Waals surface area contributed by atoms with E-state index in [1.54, 1.807) is 0 Å². The minimum Gasteiger partial charge on any atom is -0.516 e. The van der Waals surface area contributed by atoms with Crippen molar-refractivity contribution in [2.24, 2.45) is 0 Å². The normalized spacial score (nSPS) is 19.0. The number of carbonyl (C=O) groups is 1. The molecular formula is C11H20O2Si. The van der Waals surface area contributed by atoms with Crippen molar-refractivity contribution in [3.05, 3.63) is 12.7 Å². The van der Waals surface area contributed by atoms with Gasteiger partial charge in [-0.2, -0.15) is 0 Å². The van der Waals surface area contributed by atoms with Crippen molar-refractivity contribution in [2.45, 2.75) is 50.7 Å². The zero-order valence-corrected chi connectivity index (χ0v) is 10.2. The third-order valence-corrected chi connectivity index (χ3v) is 6.39. The fraction of sp³-hybridized carbons (Fsp3) is 0.727. The molecule has 0 N–H and O–H groups in total. The molecule has 1 saturated carbocycles. The lowest BCUT2D eigenvalue weighted by Crippen LogP contribution is -2.39. The van der Waals surface area contributed by atoms with E-state index in [2.05, 4.69) is 19.7 Å². The lowest BCUT2D eigenvalue weighted by molar-refractivity contribution is -0.129. The standard InChI is InChI=1S/C11H20O2Si/c1-4-11(12)13-14(2,3)10-8-6-5-7-9-10/h4,10H,1,5-9H2,2-3H3. The molecule has 14 heavy (non-hydrogen) atoms. The Hall–Kier alpha value is -0.573. The van der Waals surface area contributed by atoms with Crippen molar-refractivity contribution < 1.29 is 9.22 Å². The van der Waals surface area contributed by atoms with Crippen LogP contribution < -0.4 is 0 Å². The molecule has 0 atom stereocenters. The van der Waals surface area contributed by atoms with Crippen molar-refractivity contribution >= 4 is 14.3 Å². The summed E-state index contributed by atoms with van der Waals surface area (Å²) in [5, 5.41) is 0. The van der Waals surface area contributed by atoms with E-state index in [1.165, 1.54) is 38.2 Å². The van der Waals surface area contributed by atoms with Crippen LogP contribution >= 0.6 is 0 Å². The maximum Gasteiger partial charge on any atom is 0.316 e. The van der Waals surface area contributed by atoms with Crippen LogP contribution in [-0.2, 0) is 9.22 Å². The summed E-state index contributed by atoms with van der Waals surface area (Å²) in [4.78, 5) is 11.2. The summed E-state index contributed by atoms with van der Waals surface area (Å²) >= 11 is 0. The molecule has 3 heteroatoms. The van der Waals surface area contributed by atoms with Crippen LogP contribution in [0, 0.1) is 0 Å². The van der Waals surface area contributed by atoms with Crippen molar-refractivity contribution in [2.75, 3.05) is 0 Å². The van der Waals surface area contributed by atoms with Gasteiger partial charge in [0.2, 0.25) is 0 Å². The van der Waals surface area contributed by atoms with Crippen LogP contribution in [0.1, 0.15) is 32.1 Å². The number of hydrogen-bond acceptors (Lipinski definition) is 2. The molecule has 0 unspecified atom stereocenters. The molecule has 0 radical (unpaired) electrons. The van der Waals surface area contributed by atoms with E-state index in [0.717, 1.165) is 0 Å². The van der Waals surface area contributed by atoms with Gasteiger partial charge in [-0.15, -0.1) is 0 Å². The predicted molar refractivity (Wildman–Crippen MR) is 60.6 cm³/mol. The summed E-state index contributed by atoms with van der Waals surface area (Å²) in [6.45, 7) is 7.72. The Morgan fingerprint density at radius 3 is 2.43 bits per heavy atom. The van der Waals surface area contributed by atoms with E-state index in [1.807, 2.05) is 0 Å². The molecule has 0 aromatic rings. The average Bonchev–Trinajstić information content (AvgIpc) is 2.18. The second kappa shape index (κ2) is 4.78. The highest BCUT2D eigenvalue weighted by Gasteiger charge is 2.36. The Bertz CT molecular complexity index is 217. The van der Waals surface area contributed by atoms with Crippen molar-refractivity contribution in [3.63, 3.8) is 0 Å². The third kappa shape index (κ3) is 2.98. The molecule has 0 heterocycles. The summed E-state index contributed by atoms with van der Waals surface area (Å²) in [6.07, 6.45) is 7.70. The summed E-state index contributed by atoms with van der Waals surface area (Å²) in [5.74, 6) is -0.243. The minimum atomic E-state index is -1.81. The van der Waals surface area contributed by atoms with Gasteiger partial charge in [-0.25, -0.2) is 4.79 Å². The van der Waals surface area contributed by atoms with E-state index in [-0.39, 0.29) is 5.97 Å². The minimum absolute atomic E-state index is 0.243. The van der Waals surface area contributed by atoms with Gasteiger partial charge in [0.1, 0.15) is 0 Å². The van der Waals surface area contributed by atoms with Gasteiger partial charge in [-0.3, -0.25) is 0 Å². The van der Waals surface area contributed by atoms with Gasteiger partial charge < -0.3 is 4.43 Å². The highest BCUT2D eigenvalue weighted by Crippen LogP contribution is 2.37. The van der Waals surface area contributed by atoms with Crippen LogP contribution in [0.25, 0.3) is 0 Å². The fourth-order valence-electron chi connectivity index (χ4n) is 2.18.